The number of carbonyl (C=O) groups excluding carboxylic acids is 2. The Kier molecular flexibility index (Phi) is 10.5. The van der Waals surface area contributed by atoms with Crippen molar-refractivity contribution in [3.63, 3.8) is 0 Å². The average molecular weight is 552 g/mol. The summed E-state index contributed by atoms with van der Waals surface area (Å²) in [5.41, 5.74) is 2.01. The average Bonchev–Trinajstić information content (AvgIpc) is 2.97. The van der Waals surface area contributed by atoms with Crippen molar-refractivity contribution in [2.45, 2.75) is 51.1 Å². The molecule has 0 spiro atoms. The fraction of sp³-hybridized carbons (Fsp3) is 0.333. The van der Waals surface area contributed by atoms with Gasteiger partial charge in [-0.2, -0.15) is 0 Å². The first kappa shape index (κ1) is 29.7. The predicted octanol–water partition coefficient (Wildman–Crippen LogP) is 4.40. The summed E-state index contributed by atoms with van der Waals surface area (Å²) in [5, 5.41) is 2.85. The molecule has 0 saturated heterocycles. The van der Waals surface area contributed by atoms with Gasteiger partial charge in [0.2, 0.25) is 11.8 Å². The first-order chi connectivity index (χ1) is 18.7. The number of hydrogen-bond acceptors (Lipinski definition) is 5. The molecule has 0 aliphatic heterocycles. The highest BCUT2D eigenvalue weighted by atomic mass is 32.2. The number of ether oxygens (including phenoxy) is 1. The summed E-state index contributed by atoms with van der Waals surface area (Å²) in [7, 11) is -2.52. The molecule has 0 heterocycles. The summed E-state index contributed by atoms with van der Waals surface area (Å²) in [6, 6.07) is 21.6. The van der Waals surface area contributed by atoms with E-state index in [2.05, 4.69) is 5.32 Å². The van der Waals surface area contributed by atoms with Gasteiger partial charge in [0.15, 0.2) is 0 Å². The van der Waals surface area contributed by atoms with Gasteiger partial charge in [0.05, 0.1) is 17.7 Å². The number of aryl methyl sites for hydroxylation is 1. The third kappa shape index (κ3) is 7.38. The van der Waals surface area contributed by atoms with Crippen LogP contribution in [0.2, 0.25) is 0 Å². The number of rotatable bonds is 13. The van der Waals surface area contributed by atoms with Crippen LogP contribution < -0.4 is 14.4 Å². The van der Waals surface area contributed by atoms with Gasteiger partial charge in [0.25, 0.3) is 10.0 Å². The molecule has 0 radical (unpaired) electrons. The van der Waals surface area contributed by atoms with Gasteiger partial charge in [0.1, 0.15) is 18.3 Å². The van der Waals surface area contributed by atoms with Crippen molar-refractivity contribution in [3.8, 4) is 5.75 Å². The zero-order chi connectivity index (χ0) is 28.4. The van der Waals surface area contributed by atoms with E-state index < -0.39 is 28.5 Å². The van der Waals surface area contributed by atoms with Gasteiger partial charge in [-0.1, -0.05) is 62.4 Å². The highest BCUT2D eigenvalue weighted by Crippen LogP contribution is 2.28. The molecule has 0 fully saturated rings. The normalized spacial score (nSPS) is 11.9. The minimum Gasteiger partial charge on any atom is -0.497 e. The van der Waals surface area contributed by atoms with Crippen molar-refractivity contribution in [1.82, 2.24) is 10.2 Å². The number of anilines is 1. The molecule has 1 unspecified atom stereocenters. The summed E-state index contributed by atoms with van der Waals surface area (Å²) in [4.78, 5) is 28.4. The molecule has 8 nitrogen and oxygen atoms in total. The summed E-state index contributed by atoms with van der Waals surface area (Å²) in [6.07, 6.45) is 1.33. The SMILES string of the molecule is CCCNC(=O)C(C)N(Cc1ccc(OC)cc1)C(=O)CN(c1ccccc1CC)S(=O)(=O)c1ccccc1. The minimum atomic E-state index is -4.09. The van der Waals surface area contributed by atoms with Crippen molar-refractivity contribution in [2.24, 2.45) is 0 Å². The van der Waals surface area contributed by atoms with Crippen LogP contribution in [0.3, 0.4) is 0 Å². The maximum absolute atomic E-state index is 14.0. The lowest BCUT2D eigenvalue weighted by atomic mass is 10.1. The molecule has 1 atom stereocenters. The summed E-state index contributed by atoms with van der Waals surface area (Å²) >= 11 is 0. The smallest absolute Gasteiger partial charge is 0.264 e. The van der Waals surface area contributed by atoms with Crippen molar-refractivity contribution in [2.75, 3.05) is 24.5 Å². The highest BCUT2D eigenvalue weighted by molar-refractivity contribution is 7.92. The fourth-order valence-electron chi connectivity index (χ4n) is 4.19. The molecular weight excluding hydrogens is 514 g/mol. The van der Waals surface area contributed by atoms with Crippen LogP contribution >= 0.6 is 0 Å². The molecule has 1 N–H and O–H groups in total. The van der Waals surface area contributed by atoms with Crippen LogP contribution in [-0.4, -0.2) is 51.4 Å². The molecule has 39 heavy (non-hydrogen) atoms. The summed E-state index contributed by atoms with van der Waals surface area (Å²) in [5.74, 6) is -0.123. The van der Waals surface area contributed by atoms with Gasteiger partial charge < -0.3 is 15.0 Å². The molecule has 0 aromatic heterocycles. The third-order valence-corrected chi connectivity index (χ3v) is 8.25. The van der Waals surface area contributed by atoms with E-state index in [1.165, 1.54) is 17.0 Å². The Morgan fingerprint density at radius 3 is 2.18 bits per heavy atom. The van der Waals surface area contributed by atoms with Crippen LogP contribution in [0.25, 0.3) is 0 Å². The Morgan fingerprint density at radius 1 is 0.923 bits per heavy atom. The van der Waals surface area contributed by atoms with E-state index in [1.54, 1.807) is 56.5 Å². The van der Waals surface area contributed by atoms with E-state index in [4.69, 9.17) is 4.74 Å². The van der Waals surface area contributed by atoms with E-state index in [9.17, 15) is 18.0 Å². The molecule has 0 saturated carbocycles. The lowest BCUT2D eigenvalue weighted by molar-refractivity contribution is -0.139. The number of sulfonamides is 1. The molecule has 9 heteroatoms. The van der Waals surface area contributed by atoms with Gasteiger partial charge in [-0.15, -0.1) is 0 Å². The van der Waals surface area contributed by atoms with E-state index in [1.807, 2.05) is 38.1 Å². The lowest BCUT2D eigenvalue weighted by Crippen LogP contribution is -2.51. The Bertz CT molecular complexity index is 1340. The van der Waals surface area contributed by atoms with Gasteiger partial charge in [-0.05, 0) is 61.2 Å². The number of nitrogens with zero attached hydrogens (tertiary/aromatic N) is 2. The van der Waals surface area contributed by atoms with E-state index >= 15 is 0 Å². The number of carbonyl (C=O) groups is 2. The van der Waals surface area contributed by atoms with E-state index in [-0.39, 0.29) is 17.3 Å². The topological polar surface area (TPSA) is 96.0 Å². The molecule has 3 rings (SSSR count). The van der Waals surface area contributed by atoms with E-state index in [0.717, 1.165) is 21.9 Å². The molecule has 208 valence electrons. The molecule has 0 aliphatic rings. The van der Waals surface area contributed by atoms with Crippen molar-refractivity contribution >= 4 is 27.5 Å². The van der Waals surface area contributed by atoms with Crippen molar-refractivity contribution in [1.29, 1.82) is 0 Å². The Labute approximate surface area is 231 Å². The van der Waals surface area contributed by atoms with Crippen LogP contribution in [0, 0.1) is 0 Å². The monoisotopic (exact) mass is 551 g/mol. The second-order valence-electron chi connectivity index (χ2n) is 9.14. The number of para-hydroxylation sites is 1. The first-order valence-corrected chi connectivity index (χ1v) is 14.5. The lowest BCUT2D eigenvalue weighted by Gasteiger charge is -2.32. The fourth-order valence-corrected chi connectivity index (χ4v) is 5.67. The van der Waals surface area contributed by atoms with Gasteiger partial charge >= 0.3 is 0 Å². The maximum Gasteiger partial charge on any atom is 0.264 e. The van der Waals surface area contributed by atoms with Gasteiger partial charge in [-0.3, -0.25) is 13.9 Å². The van der Waals surface area contributed by atoms with Crippen LogP contribution in [0.1, 0.15) is 38.3 Å². The van der Waals surface area contributed by atoms with Crippen LogP contribution in [-0.2, 0) is 32.6 Å². The summed E-state index contributed by atoms with van der Waals surface area (Å²) < 4.78 is 34.2. The number of amides is 2. The maximum atomic E-state index is 14.0. The van der Waals surface area contributed by atoms with Crippen LogP contribution in [0.4, 0.5) is 5.69 Å². The van der Waals surface area contributed by atoms with E-state index in [0.29, 0.717) is 24.4 Å². The Hall–Kier alpha value is -3.85. The van der Waals surface area contributed by atoms with Crippen LogP contribution in [0.15, 0.2) is 83.8 Å². The molecule has 0 bridgehead atoms. The molecule has 3 aromatic carbocycles. The first-order valence-electron chi connectivity index (χ1n) is 13.1. The number of hydrogen-bond donors (Lipinski definition) is 1. The summed E-state index contributed by atoms with van der Waals surface area (Å²) in [6.45, 7) is 5.68. The molecule has 0 aliphatic carbocycles. The predicted molar refractivity (Wildman–Crippen MR) is 153 cm³/mol. The Morgan fingerprint density at radius 2 is 1.56 bits per heavy atom. The minimum absolute atomic E-state index is 0.0825. The molecule has 3 aromatic rings. The van der Waals surface area contributed by atoms with Crippen LogP contribution in [0.5, 0.6) is 5.75 Å². The van der Waals surface area contributed by atoms with Crippen molar-refractivity contribution in [3.05, 3.63) is 90.0 Å². The number of methoxy groups -OCH3 is 1. The Balaban J connectivity index is 2.03. The van der Waals surface area contributed by atoms with Crippen molar-refractivity contribution < 1.29 is 22.7 Å². The number of nitrogens with one attached hydrogen (secondary N) is 1. The van der Waals surface area contributed by atoms with Gasteiger partial charge in [-0.25, -0.2) is 8.42 Å². The largest absolute Gasteiger partial charge is 0.497 e. The molecular formula is C30H37N3O5S. The molecule has 2 amide bonds. The second-order valence-corrected chi connectivity index (χ2v) is 11.0. The quantitative estimate of drug-likeness (QED) is 0.340. The standard InChI is InChI=1S/C30H37N3O5S/c1-5-20-31-30(35)23(3)32(21-24-16-18-26(38-4)19-17-24)29(34)22-33(28-15-11-10-12-25(28)6-2)39(36,37)27-13-8-7-9-14-27/h7-19,23H,5-6,20-22H2,1-4H3,(H,31,35). The zero-order valence-corrected chi connectivity index (χ0v) is 23.8. The number of benzene rings is 3. The highest BCUT2D eigenvalue weighted by Gasteiger charge is 2.33. The third-order valence-electron chi connectivity index (χ3n) is 6.48. The van der Waals surface area contributed by atoms with Gasteiger partial charge in [0, 0.05) is 13.1 Å². The zero-order valence-electron chi connectivity index (χ0n) is 23.0. The second kappa shape index (κ2) is 13.8.